The molecule has 1 amide bonds. The number of carbonyl (C=O) groups is 2. The minimum absolute atomic E-state index is 0.0266. The molecule has 0 saturated carbocycles. The Morgan fingerprint density at radius 3 is 2.61 bits per heavy atom. The van der Waals surface area contributed by atoms with E-state index in [1.807, 2.05) is 13.8 Å². The van der Waals surface area contributed by atoms with Crippen molar-refractivity contribution in [3.63, 3.8) is 0 Å². The van der Waals surface area contributed by atoms with Crippen LogP contribution in [0.25, 0.3) is 11.4 Å². The predicted molar refractivity (Wildman–Crippen MR) is 105 cm³/mol. The van der Waals surface area contributed by atoms with Gasteiger partial charge in [0.05, 0.1) is 23.5 Å². The number of Topliss-reactive ketones (excluding diaryl/α,β-unsaturated/α-hetero) is 1. The van der Waals surface area contributed by atoms with Crippen LogP contribution in [-0.2, 0) is 16.6 Å². The fourth-order valence-corrected chi connectivity index (χ4v) is 5.93. The Balaban J connectivity index is 1.67. The molecule has 1 aliphatic rings. The zero-order valence-electron chi connectivity index (χ0n) is 15.4. The van der Waals surface area contributed by atoms with Crippen molar-refractivity contribution < 1.29 is 18.0 Å². The van der Waals surface area contributed by atoms with E-state index in [-0.39, 0.29) is 22.8 Å². The summed E-state index contributed by atoms with van der Waals surface area (Å²) in [4.78, 5) is 32.1. The maximum atomic E-state index is 12.7. The third-order valence-corrected chi connectivity index (χ3v) is 7.41. The van der Waals surface area contributed by atoms with Crippen molar-refractivity contribution in [2.24, 2.45) is 0 Å². The van der Waals surface area contributed by atoms with E-state index in [2.05, 4.69) is 9.97 Å². The smallest absolute Gasteiger partial charge is 0.269 e. The molecule has 0 spiro atoms. The fraction of sp³-hybridized carbons (Fsp3) is 0.211. The van der Waals surface area contributed by atoms with Crippen LogP contribution >= 0.6 is 11.3 Å². The van der Waals surface area contributed by atoms with Gasteiger partial charge in [0.1, 0.15) is 9.90 Å². The topological polar surface area (TPSA) is 100 Å². The highest BCUT2D eigenvalue weighted by atomic mass is 32.2. The van der Waals surface area contributed by atoms with Gasteiger partial charge in [0.2, 0.25) is 0 Å². The third-order valence-electron chi connectivity index (χ3n) is 4.79. The molecule has 144 valence electrons. The molecule has 28 heavy (non-hydrogen) atoms. The van der Waals surface area contributed by atoms with Crippen LogP contribution in [0.1, 0.15) is 43.9 Å². The van der Waals surface area contributed by atoms with Crippen LogP contribution in [0, 0.1) is 13.8 Å². The number of nitrogens with zero attached hydrogens (tertiary/aromatic N) is 2. The van der Waals surface area contributed by atoms with E-state index in [9.17, 15) is 18.0 Å². The number of aryl methyl sites for hydroxylation is 1. The van der Waals surface area contributed by atoms with Crippen LogP contribution in [0.4, 0.5) is 0 Å². The Morgan fingerprint density at radius 1 is 1.25 bits per heavy atom. The zero-order valence-corrected chi connectivity index (χ0v) is 17.1. The summed E-state index contributed by atoms with van der Waals surface area (Å²) in [5.74, 6) is -0.572. The van der Waals surface area contributed by atoms with Crippen LogP contribution in [0.3, 0.4) is 0 Å². The molecule has 1 aromatic carbocycles. The molecule has 3 heterocycles. The molecule has 2 aromatic heterocycles. The number of carbonyl (C=O) groups excluding carboxylic acids is 2. The largest absolute Gasteiger partial charge is 0.356 e. The lowest BCUT2D eigenvalue weighted by atomic mass is 10.1. The molecule has 0 bridgehead atoms. The number of fused-ring (bicyclic) bond motifs is 1. The molecular formula is C19H17N3O4S2. The van der Waals surface area contributed by atoms with Crippen LogP contribution in [0.2, 0.25) is 0 Å². The number of amides is 1. The van der Waals surface area contributed by atoms with Crippen molar-refractivity contribution in [3.05, 3.63) is 57.0 Å². The van der Waals surface area contributed by atoms with Gasteiger partial charge < -0.3 is 4.98 Å². The monoisotopic (exact) mass is 415 g/mol. The first-order valence-electron chi connectivity index (χ1n) is 8.52. The predicted octanol–water partition coefficient (Wildman–Crippen LogP) is 3.30. The second kappa shape index (κ2) is 6.39. The summed E-state index contributed by atoms with van der Waals surface area (Å²) in [6.45, 7) is 5.06. The number of ketones is 1. The van der Waals surface area contributed by atoms with E-state index < -0.39 is 15.9 Å². The summed E-state index contributed by atoms with van der Waals surface area (Å²) in [6.07, 6.45) is 0. The van der Waals surface area contributed by atoms with Crippen LogP contribution < -0.4 is 0 Å². The maximum Gasteiger partial charge on any atom is 0.269 e. The number of rotatable bonds is 4. The molecule has 4 rings (SSSR count). The third kappa shape index (κ3) is 2.70. The number of sulfonamides is 1. The summed E-state index contributed by atoms with van der Waals surface area (Å²) in [7, 11) is -3.87. The average molecular weight is 415 g/mol. The van der Waals surface area contributed by atoms with Crippen molar-refractivity contribution in [2.75, 3.05) is 0 Å². The lowest BCUT2D eigenvalue weighted by Crippen LogP contribution is -2.29. The summed E-state index contributed by atoms with van der Waals surface area (Å²) in [5.41, 5.74) is 3.73. The number of hydrogen-bond acceptors (Lipinski definition) is 6. The van der Waals surface area contributed by atoms with Crippen molar-refractivity contribution in [2.45, 2.75) is 32.2 Å². The van der Waals surface area contributed by atoms with Gasteiger partial charge in [0, 0.05) is 16.6 Å². The molecule has 0 unspecified atom stereocenters. The summed E-state index contributed by atoms with van der Waals surface area (Å²) >= 11 is 1.27. The van der Waals surface area contributed by atoms with E-state index in [1.54, 1.807) is 17.5 Å². The van der Waals surface area contributed by atoms with Gasteiger partial charge in [0.15, 0.2) is 5.78 Å². The first-order chi connectivity index (χ1) is 13.2. The second-order valence-corrected chi connectivity index (χ2v) is 9.39. The van der Waals surface area contributed by atoms with Crippen molar-refractivity contribution in [1.29, 1.82) is 0 Å². The van der Waals surface area contributed by atoms with Crippen molar-refractivity contribution in [1.82, 2.24) is 14.3 Å². The lowest BCUT2D eigenvalue weighted by molar-refractivity contribution is 0.0864. The van der Waals surface area contributed by atoms with Crippen molar-refractivity contribution in [3.8, 4) is 11.4 Å². The summed E-state index contributed by atoms with van der Waals surface area (Å²) in [6, 6.07) is 6.18. The highest BCUT2D eigenvalue weighted by Crippen LogP contribution is 2.33. The van der Waals surface area contributed by atoms with Crippen molar-refractivity contribution >= 4 is 33.1 Å². The van der Waals surface area contributed by atoms with Gasteiger partial charge in [-0.25, -0.2) is 17.7 Å². The van der Waals surface area contributed by atoms with Gasteiger partial charge in [0.25, 0.3) is 15.9 Å². The SMILES string of the molecule is CC(=O)c1c(C)[nH]c(-c2csc(CN3C(=O)c4ccccc4S3(=O)=O)n2)c1C. The number of aromatic amines is 1. The number of aromatic nitrogens is 2. The fourth-order valence-electron chi connectivity index (χ4n) is 3.54. The minimum Gasteiger partial charge on any atom is -0.356 e. The quantitative estimate of drug-likeness (QED) is 0.659. The molecule has 0 radical (unpaired) electrons. The highest BCUT2D eigenvalue weighted by Gasteiger charge is 2.41. The molecule has 3 aromatic rings. The average Bonchev–Trinajstić information content (AvgIpc) is 3.27. The zero-order chi connectivity index (χ0) is 20.2. The minimum atomic E-state index is -3.87. The van der Waals surface area contributed by atoms with E-state index >= 15 is 0 Å². The van der Waals surface area contributed by atoms with E-state index in [0.29, 0.717) is 16.3 Å². The van der Waals surface area contributed by atoms with Crippen LogP contribution in [0.5, 0.6) is 0 Å². The molecular weight excluding hydrogens is 398 g/mol. The Kier molecular flexibility index (Phi) is 4.24. The van der Waals surface area contributed by atoms with Gasteiger partial charge >= 0.3 is 0 Å². The summed E-state index contributed by atoms with van der Waals surface area (Å²) < 4.78 is 26.2. The van der Waals surface area contributed by atoms with Gasteiger partial charge in [-0.3, -0.25) is 9.59 Å². The normalized spacial score (nSPS) is 15.1. The Bertz CT molecular complexity index is 1240. The molecule has 0 aliphatic carbocycles. The number of H-pyrrole nitrogens is 1. The first kappa shape index (κ1) is 18.6. The number of nitrogens with one attached hydrogen (secondary N) is 1. The van der Waals surface area contributed by atoms with Crippen LogP contribution in [0.15, 0.2) is 34.5 Å². The number of thiazole rings is 1. The highest BCUT2D eigenvalue weighted by molar-refractivity contribution is 7.90. The molecule has 1 N–H and O–H groups in total. The van der Waals surface area contributed by atoms with Gasteiger partial charge in [-0.1, -0.05) is 12.1 Å². The molecule has 0 saturated heterocycles. The van der Waals surface area contributed by atoms with Gasteiger partial charge in [-0.15, -0.1) is 11.3 Å². The Labute approximate surface area is 166 Å². The van der Waals surface area contributed by atoms with E-state index in [4.69, 9.17) is 0 Å². The van der Waals surface area contributed by atoms with Crippen LogP contribution in [-0.4, -0.2) is 34.4 Å². The van der Waals surface area contributed by atoms with Gasteiger partial charge in [-0.2, -0.15) is 0 Å². The number of benzene rings is 1. The standard InChI is InChI=1S/C19H17N3O4S2/c1-10-17(12(3)23)11(2)20-18(10)14-9-27-16(21-14)8-22-19(24)13-6-4-5-7-15(13)28(22,25)26/h4-7,9,20H,8H2,1-3H3. The molecule has 7 nitrogen and oxygen atoms in total. The maximum absolute atomic E-state index is 12.7. The Hall–Kier alpha value is -2.78. The van der Waals surface area contributed by atoms with Gasteiger partial charge in [-0.05, 0) is 38.5 Å². The molecule has 0 fully saturated rings. The first-order valence-corrected chi connectivity index (χ1v) is 10.8. The lowest BCUT2D eigenvalue weighted by Gasteiger charge is -2.12. The van der Waals surface area contributed by atoms with E-state index in [1.165, 1.54) is 30.4 Å². The number of hydrogen-bond donors (Lipinski definition) is 1. The van der Waals surface area contributed by atoms with E-state index in [0.717, 1.165) is 21.3 Å². The molecule has 9 heteroatoms. The Morgan fingerprint density at radius 2 is 1.96 bits per heavy atom. The molecule has 0 atom stereocenters. The summed E-state index contributed by atoms with van der Waals surface area (Å²) in [5, 5.41) is 2.29. The second-order valence-electron chi connectivity index (χ2n) is 6.62. The molecule has 1 aliphatic heterocycles.